The summed E-state index contributed by atoms with van der Waals surface area (Å²) < 4.78 is 27.2. The molecular formula is C21H28N2O3S. The summed E-state index contributed by atoms with van der Waals surface area (Å²) in [7, 11) is -3.56. The Bertz CT molecular complexity index is 859. The molecule has 0 spiro atoms. The minimum absolute atomic E-state index is 0.115. The number of carbonyl (C=O) groups is 1. The zero-order valence-electron chi connectivity index (χ0n) is 16.4. The molecule has 0 saturated heterocycles. The number of nitrogens with one attached hydrogen (secondary N) is 1. The summed E-state index contributed by atoms with van der Waals surface area (Å²) in [4.78, 5) is 12.4. The highest BCUT2D eigenvalue weighted by Gasteiger charge is 2.23. The molecule has 0 aromatic heterocycles. The van der Waals surface area contributed by atoms with Crippen molar-refractivity contribution in [3.05, 3.63) is 65.2 Å². The molecule has 1 amide bonds. The number of hydrogen-bond acceptors (Lipinski definition) is 3. The molecule has 0 fully saturated rings. The minimum Gasteiger partial charge on any atom is -0.350 e. The lowest BCUT2D eigenvalue weighted by molar-refractivity contribution is 0.0939. The first-order valence-corrected chi connectivity index (χ1v) is 10.7. The lowest BCUT2D eigenvalue weighted by Crippen LogP contribution is -2.32. The Hall–Kier alpha value is -2.18. The molecular weight excluding hydrogens is 360 g/mol. The summed E-state index contributed by atoms with van der Waals surface area (Å²) in [6.07, 6.45) is 0.867. The van der Waals surface area contributed by atoms with Gasteiger partial charge in [-0.15, -0.1) is 0 Å². The topological polar surface area (TPSA) is 66.5 Å². The normalized spacial score (nSPS) is 12.8. The molecule has 1 atom stereocenters. The van der Waals surface area contributed by atoms with E-state index < -0.39 is 10.0 Å². The number of carbonyl (C=O) groups excluding carboxylic acids is 1. The Balaban J connectivity index is 2.14. The van der Waals surface area contributed by atoms with Gasteiger partial charge in [0.1, 0.15) is 0 Å². The van der Waals surface area contributed by atoms with Gasteiger partial charge in [-0.05, 0) is 50.1 Å². The van der Waals surface area contributed by atoms with E-state index in [-0.39, 0.29) is 18.5 Å². The third kappa shape index (κ3) is 5.40. The van der Waals surface area contributed by atoms with Crippen LogP contribution < -0.4 is 5.32 Å². The largest absolute Gasteiger partial charge is 0.350 e. The van der Waals surface area contributed by atoms with Gasteiger partial charge < -0.3 is 5.32 Å². The zero-order valence-corrected chi connectivity index (χ0v) is 17.2. The van der Waals surface area contributed by atoms with E-state index in [2.05, 4.69) is 5.32 Å². The van der Waals surface area contributed by atoms with E-state index in [0.717, 1.165) is 17.5 Å². The molecule has 0 aliphatic carbocycles. The maximum absolute atomic E-state index is 12.9. The highest BCUT2D eigenvalue weighted by Crippen LogP contribution is 2.19. The van der Waals surface area contributed by atoms with Crippen LogP contribution in [0.1, 0.15) is 48.7 Å². The van der Waals surface area contributed by atoms with Crippen LogP contribution in [-0.2, 0) is 16.6 Å². The lowest BCUT2D eigenvalue weighted by atomic mass is 10.1. The summed E-state index contributed by atoms with van der Waals surface area (Å²) in [5.74, 6) is -0.115. The number of amides is 1. The average molecular weight is 389 g/mol. The fourth-order valence-electron chi connectivity index (χ4n) is 2.60. The zero-order chi connectivity index (χ0) is 20.0. The summed E-state index contributed by atoms with van der Waals surface area (Å²) >= 11 is 0. The maximum Gasteiger partial charge on any atom is 0.251 e. The van der Waals surface area contributed by atoms with Crippen LogP contribution in [0.3, 0.4) is 0 Å². The van der Waals surface area contributed by atoms with Crippen molar-refractivity contribution in [3.8, 4) is 0 Å². The predicted molar refractivity (Wildman–Crippen MR) is 108 cm³/mol. The smallest absolute Gasteiger partial charge is 0.251 e. The fourth-order valence-corrected chi connectivity index (χ4v) is 4.04. The molecule has 146 valence electrons. The molecule has 0 bridgehead atoms. The van der Waals surface area contributed by atoms with Crippen molar-refractivity contribution in [2.45, 2.75) is 51.6 Å². The van der Waals surface area contributed by atoms with Crippen molar-refractivity contribution >= 4 is 15.9 Å². The summed E-state index contributed by atoms with van der Waals surface area (Å²) in [6, 6.07) is 14.1. The number of hydrogen-bond donors (Lipinski definition) is 1. The number of rotatable bonds is 8. The van der Waals surface area contributed by atoms with E-state index in [9.17, 15) is 13.2 Å². The second kappa shape index (κ2) is 9.15. The third-order valence-electron chi connectivity index (χ3n) is 4.58. The highest BCUT2D eigenvalue weighted by molar-refractivity contribution is 7.89. The third-order valence-corrected chi connectivity index (χ3v) is 6.51. The standard InChI is InChI=1S/C21H28N2O3S/c1-5-17(4)22-21(24)19-11-9-18(10-12-19)15-23(6-2)27(25,26)20-13-7-16(3)8-14-20/h7-14,17H,5-6,15H2,1-4H3,(H,22,24). The molecule has 2 aromatic carbocycles. The van der Waals surface area contributed by atoms with Crippen molar-refractivity contribution in [3.63, 3.8) is 0 Å². The van der Waals surface area contributed by atoms with Gasteiger partial charge >= 0.3 is 0 Å². The molecule has 6 heteroatoms. The van der Waals surface area contributed by atoms with Crippen molar-refractivity contribution in [1.29, 1.82) is 0 Å². The average Bonchev–Trinajstić information content (AvgIpc) is 2.66. The number of aryl methyl sites for hydroxylation is 1. The van der Waals surface area contributed by atoms with Gasteiger partial charge in [0.2, 0.25) is 10.0 Å². The number of sulfonamides is 1. The number of nitrogens with zero attached hydrogens (tertiary/aromatic N) is 1. The van der Waals surface area contributed by atoms with Crippen molar-refractivity contribution in [2.24, 2.45) is 0 Å². The summed E-state index contributed by atoms with van der Waals surface area (Å²) in [6.45, 7) is 8.35. The van der Waals surface area contributed by atoms with Crippen LogP contribution in [0.25, 0.3) is 0 Å². The van der Waals surface area contributed by atoms with E-state index in [1.165, 1.54) is 4.31 Å². The molecule has 0 radical (unpaired) electrons. The second-order valence-electron chi connectivity index (χ2n) is 6.72. The van der Waals surface area contributed by atoms with Gasteiger partial charge in [0, 0.05) is 24.7 Å². The van der Waals surface area contributed by atoms with Gasteiger partial charge in [0.25, 0.3) is 5.91 Å². The summed E-state index contributed by atoms with van der Waals surface area (Å²) in [5.41, 5.74) is 2.43. The Morgan fingerprint density at radius 1 is 1.04 bits per heavy atom. The Labute approximate surface area is 162 Å². The van der Waals surface area contributed by atoms with Gasteiger partial charge in [-0.25, -0.2) is 8.42 Å². The molecule has 0 saturated carbocycles. The molecule has 1 N–H and O–H groups in total. The van der Waals surface area contributed by atoms with Gasteiger partial charge in [-0.2, -0.15) is 4.31 Å². The molecule has 0 aliphatic heterocycles. The SMILES string of the molecule is CCC(C)NC(=O)c1ccc(CN(CC)S(=O)(=O)c2ccc(C)cc2)cc1. The van der Waals surface area contributed by atoms with Crippen LogP contribution in [0, 0.1) is 6.92 Å². The monoisotopic (exact) mass is 388 g/mol. The van der Waals surface area contributed by atoms with Crippen LogP contribution in [0.15, 0.2) is 53.4 Å². The van der Waals surface area contributed by atoms with Crippen LogP contribution in [-0.4, -0.2) is 31.2 Å². The Morgan fingerprint density at radius 2 is 1.63 bits per heavy atom. The molecule has 27 heavy (non-hydrogen) atoms. The minimum atomic E-state index is -3.56. The molecule has 0 heterocycles. The van der Waals surface area contributed by atoms with Gasteiger partial charge in [0.05, 0.1) is 4.90 Å². The van der Waals surface area contributed by atoms with Crippen molar-refractivity contribution in [1.82, 2.24) is 9.62 Å². The van der Waals surface area contributed by atoms with Crippen molar-refractivity contribution in [2.75, 3.05) is 6.54 Å². The predicted octanol–water partition coefficient (Wildman–Crippen LogP) is 3.73. The quantitative estimate of drug-likeness (QED) is 0.749. The first kappa shape index (κ1) is 21.1. The van der Waals surface area contributed by atoms with Gasteiger partial charge in [-0.1, -0.05) is 43.7 Å². The Morgan fingerprint density at radius 3 is 2.15 bits per heavy atom. The van der Waals surface area contributed by atoms with Crippen LogP contribution in [0.2, 0.25) is 0 Å². The summed E-state index contributed by atoms with van der Waals surface area (Å²) in [5, 5.41) is 2.92. The first-order chi connectivity index (χ1) is 12.8. The Kier molecular flexibility index (Phi) is 7.16. The fraction of sp³-hybridized carbons (Fsp3) is 0.381. The van der Waals surface area contributed by atoms with Crippen LogP contribution >= 0.6 is 0 Å². The van der Waals surface area contributed by atoms with Crippen LogP contribution in [0.4, 0.5) is 0 Å². The van der Waals surface area contributed by atoms with Gasteiger partial charge in [0.15, 0.2) is 0 Å². The molecule has 2 aromatic rings. The molecule has 0 aliphatic rings. The van der Waals surface area contributed by atoms with E-state index in [1.807, 2.05) is 27.7 Å². The van der Waals surface area contributed by atoms with E-state index in [0.29, 0.717) is 17.0 Å². The maximum atomic E-state index is 12.9. The lowest BCUT2D eigenvalue weighted by Gasteiger charge is -2.21. The van der Waals surface area contributed by atoms with E-state index in [1.54, 1.807) is 48.5 Å². The highest BCUT2D eigenvalue weighted by atomic mass is 32.2. The molecule has 2 rings (SSSR count). The molecule has 5 nitrogen and oxygen atoms in total. The van der Waals surface area contributed by atoms with E-state index in [4.69, 9.17) is 0 Å². The molecule has 1 unspecified atom stereocenters. The second-order valence-corrected chi connectivity index (χ2v) is 8.66. The first-order valence-electron chi connectivity index (χ1n) is 9.24. The number of benzene rings is 2. The van der Waals surface area contributed by atoms with Crippen molar-refractivity contribution < 1.29 is 13.2 Å². The van der Waals surface area contributed by atoms with Crippen LogP contribution in [0.5, 0.6) is 0 Å². The van der Waals surface area contributed by atoms with Gasteiger partial charge in [-0.3, -0.25) is 4.79 Å². The van der Waals surface area contributed by atoms with E-state index >= 15 is 0 Å².